The number of hydrogen-bond donors (Lipinski definition) is 0. The van der Waals surface area contributed by atoms with Crippen molar-refractivity contribution in [2.75, 3.05) is 0 Å². The number of rotatable bonds is 4. The minimum absolute atomic E-state index is 0.0339. The molecule has 104 valence electrons. The first-order chi connectivity index (χ1) is 9.15. The minimum atomic E-state index is -0.0521. The second-order valence-electron chi connectivity index (χ2n) is 5.79. The van der Waals surface area contributed by atoms with Crippen LogP contribution in [-0.4, -0.2) is 12.1 Å². The molecule has 0 aliphatic heterocycles. The van der Waals surface area contributed by atoms with Crippen LogP contribution < -0.4 is 0 Å². The van der Waals surface area contributed by atoms with E-state index in [1.807, 2.05) is 13.0 Å². The summed E-state index contributed by atoms with van der Waals surface area (Å²) in [4.78, 5) is 12.1. The fourth-order valence-corrected chi connectivity index (χ4v) is 2.74. The zero-order valence-corrected chi connectivity index (χ0v) is 12.0. The lowest BCUT2D eigenvalue weighted by molar-refractivity contribution is -0.154. The van der Waals surface area contributed by atoms with Gasteiger partial charge in [-0.05, 0) is 44.6 Å². The topological polar surface area (TPSA) is 26.3 Å². The first-order valence-corrected chi connectivity index (χ1v) is 7.41. The van der Waals surface area contributed by atoms with Crippen molar-refractivity contribution in [2.24, 2.45) is 5.92 Å². The number of benzene rings is 1. The second-order valence-corrected chi connectivity index (χ2v) is 5.79. The van der Waals surface area contributed by atoms with Crippen LogP contribution in [0.5, 0.6) is 0 Å². The standard InChI is InChI=1S/C17H24O2/c1-13-7-6-8-15(11-13)12-14(2)17(18)19-16-9-4-3-5-10-16/h6-8,11,14,16H,3-5,9-10,12H2,1-2H3. The molecule has 1 aromatic carbocycles. The highest BCUT2D eigenvalue weighted by Crippen LogP contribution is 2.22. The number of hydrogen-bond acceptors (Lipinski definition) is 2. The molecule has 1 aromatic rings. The third-order valence-electron chi connectivity index (χ3n) is 3.86. The van der Waals surface area contributed by atoms with Crippen molar-refractivity contribution in [3.63, 3.8) is 0 Å². The quantitative estimate of drug-likeness (QED) is 0.763. The predicted molar refractivity (Wildman–Crippen MR) is 77.0 cm³/mol. The summed E-state index contributed by atoms with van der Waals surface area (Å²) in [5.41, 5.74) is 2.46. The molecule has 0 saturated heterocycles. The Labute approximate surface area is 116 Å². The molecule has 2 rings (SSSR count). The first-order valence-electron chi connectivity index (χ1n) is 7.41. The second kappa shape index (κ2) is 6.74. The molecule has 0 amide bonds. The van der Waals surface area contributed by atoms with Crippen LogP contribution in [0.1, 0.15) is 50.2 Å². The van der Waals surface area contributed by atoms with Crippen LogP contribution in [0.25, 0.3) is 0 Å². The van der Waals surface area contributed by atoms with Gasteiger partial charge in [0, 0.05) is 0 Å². The fraction of sp³-hybridized carbons (Fsp3) is 0.588. The van der Waals surface area contributed by atoms with Crippen LogP contribution in [0, 0.1) is 12.8 Å². The van der Waals surface area contributed by atoms with Gasteiger partial charge < -0.3 is 4.74 Å². The summed E-state index contributed by atoms with van der Waals surface area (Å²) >= 11 is 0. The van der Waals surface area contributed by atoms with E-state index in [0.717, 1.165) is 19.3 Å². The van der Waals surface area contributed by atoms with Crippen molar-refractivity contribution >= 4 is 5.97 Å². The van der Waals surface area contributed by atoms with Gasteiger partial charge in [0.25, 0.3) is 0 Å². The number of esters is 1. The van der Waals surface area contributed by atoms with Crippen LogP contribution in [0.3, 0.4) is 0 Å². The summed E-state index contributed by atoms with van der Waals surface area (Å²) in [6.45, 7) is 4.04. The summed E-state index contributed by atoms with van der Waals surface area (Å²) in [6.07, 6.45) is 6.71. The molecule has 0 bridgehead atoms. The minimum Gasteiger partial charge on any atom is -0.462 e. The Balaban J connectivity index is 1.84. The van der Waals surface area contributed by atoms with Gasteiger partial charge in [0.2, 0.25) is 0 Å². The molecule has 0 heterocycles. The van der Waals surface area contributed by atoms with Gasteiger partial charge in [-0.2, -0.15) is 0 Å². The van der Waals surface area contributed by atoms with Gasteiger partial charge in [-0.25, -0.2) is 0 Å². The van der Waals surface area contributed by atoms with E-state index in [9.17, 15) is 4.79 Å². The Morgan fingerprint density at radius 1 is 1.32 bits per heavy atom. The van der Waals surface area contributed by atoms with Crippen LogP contribution in [-0.2, 0) is 16.0 Å². The first kappa shape index (κ1) is 14.1. The average Bonchev–Trinajstić information content (AvgIpc) is 2.40. The molecule has 1 atom stereocenters. The Kier molecular flexibility index (Phi) is 5.00. The maximum absolute atomic E-state index is 12.1. The van der Waals surface area contributed by atoms with Crippen molar-refractivity contribution < 1.29 is 9.53 Å². The Bertz CT molecular complexity index is 419. The molecular formula is C17H24O2. The summed E-state index contributed by atoms with van der Waals surface area (Å²) in [5, 5.41) is 0. The van der Waals surface area contributed by atoms with Crippen LogP contribution in [0.2, 0.25) is 0 Å². The van der Waals surface area contributed by atoms with Gasteiger partial charge in [0.05, 0.1) is 5.92 Å². The maximum atomic E-state index is 12.1. The lowest BCUT2D eigenvalue weighted by Crippen LogP contribution is -2.25. The van der Waals surface area contributed by atoms with E-state index in [-0.39, 0.29) is 18.0 Å². The van der Waals surface area contributed by atoms with E-state index in [1.54, 1.807) is 0 Å². The lowest BCUT2D eigenvalue weighted by atomic mass is 9.97. The van der Waals surface area contributed by atoms with E-state index in [0.29, 0.717) is 0 Å². The number of carbonyl (C=O) groups is 1. The van der Waals surface area contributed by atoms with Crippen molar-refractivity contribution in [1.82, 2.24) is 0 Å². The van der Waals surface area contributed by atoms with Crippen molar-refractivity contribution in [2.45, 2.75) is 58.5 Å². The van der Waals surface area contributed by atoms with E-state index in [2.05, 4.69) is 25.1 Å². The molecule has 0 spiro atoms. The molecule has 19 heavy (non-hydrogen) atoms. The highest BCUT2D eigenvalue weighted by molar-refractivity contribution is 5.72. The molecule has 1 aliphatic carbocycles. The Hall–Kier alpha value is -1.31. The molecule has 0 N–H and O–H groups in total. The molecule has 0 aromatic heterocycles. The van der Waals surface area contributed by atoms with E-state index < -0.39 is 0 Å². The van der Waals surface area contributed by atoms with Gasteiger partial charge in [-0.3, -0.25) is 4.79 Å². The lowest BCUT2D eigenvalue weighted by Gasteiger charge is -2.23. The molecule has 2 heteroatoms. The predicted octanol–water partition coefficient (Wildman–Crippen LogP) is 4.05. The third-order valence-corrected chi connectivity index (χ3v) is 3.86. The Morgan fingerprint density at radius 2 is 2.05 bits per heavy atom. The summed E-state index contributed by atoms with van der Waals surface area (Å²) < 4.78 is 5.62. The van der Waals surface area contributed by atoms with Gasteiger partial charge >= 0.3 is 5.97 Å². The molecule has 1 unspecified atom stereocenters. The molecular weight excluding hydrogens is 236 g/mol. The van der Waals surface area contributed by atoms with E-state index in [4.69, 9.17) is 4.74 Å². The summed E-state index contributed by atoms with van der Waals surface area (Å²) in [6, 6.07) is 8.35. The van der Waals surface area contributed by atoms with Crippen LogP contribution in [0.4, 0.5) is 0 Å². The van der Waals surface area contributed by atoms with E-state index >= 15 is 0 Å². The molecule has 1 saturated carbocycles. The largest absolute Gasteiger partial charge is 0.462 e. The average molecular weight is 260 g/mol. The van der Waals surface area contributed by atoms with Crippen molar-refractivity contribution in [1.29, 1.82) is 0 Å². The van der Waals surface area contributed by atoms with Gasteiger partial charge in [-0.1, -0.05) is 43.2 Å². The SMILES string of the molecule is Cc1cccc(CC(C)C(=O)OC2CCCCC2)c1. The molecule has 2 nitrogen and oxygen atoms in total. The normalized spacial score (nSPS) is 18.0. The smallest absolute Gasteiger partial charge is 0.309 e. The number of carbonyl (C=O) groups excluding carboxylic acids is 1. The van der Waals surface area contributed by atoms with Crippen LogP contribution >= 0.6 is 0 Å². The molecule has 0 radical (unpaired) electrons. The number of aryl methyl sites for hydroxylation is 1. The maximum Gasteiger partial charge on any atom is 0.309 e. The molecule has 1 fully saturated rings. The van der Waals surface area contributed by atoms with Crippen molar-refractivity contribution in [3.05, 3.63) is 35.4 Å². The number of ether oxygens (including phenoxy) is 1. The van der Waals surface area contributed by atoms with E-state index in [1.165, 1.54) is 30.4 Å². The van der Waals surface area contributed by atoms with Gasteiger partial charge in [-0.15, -0.1) is 0 Å². The van der Waals surface area contributed by atoms with Gasteiger partial charge in [0.1, 0.15) is 6.10 Å². The van der Waals surface area contributed by atoms with Gasteiger partial charge in [0.15, 0.2) is 0 Å². The molecule has 1 aliphatic rings. The fourth-order valence-electron chi connectivity index (χ4n) is 2.74. The Morgan fingerprint density at radius 3 is 2.74 bits per heavy atom. The zero-order chi connectivity index (χ0) is 13.7. The van der Waals surface area contributed by atoms with Crippen molar-refractivity contribution in [3.8, 4) is 0 Å². The highest BCUT2D eigenvalue weighted by atomic mass is 16.5. The third kappa shape index (κ3) is 4.38. The summed E-state index contributed by atoms with van der Waals surface area (Å²) in [5.74, 6) is -0.0860. The summed E-state index contributed by atoms with van der Waals surface area (Å²) in [7, 11) is 0. The van der Waals surface area contributed by atoms with Crippen LogP contribution in [0.15, 0.2) is 24.3 Å². The monoisotopic (exact) mass is 260 g/mol. The zero-order valence-electron chi connectivity index (χ0n) is 12.0. The highest BCUT2D eigenvalue weighted by Gasteiger charge is 2.21.